The Morgan fingerprint density at radius 2 is 0.944 bits per heavy atom. The van der Waals surface area contributed by atoms with E-state index in [4.69, 9.17) is 4.74 Å². The molecule has 54 heavy (non-hydrogen) atoms. The third-order valence-corrected chi connectivity index (χ3v) is 12.9. The SMILES string of the molecule is CCCCCCCCCCCC(=O)[O-].CCCCCCCCCCCC(=O)[O-].CCC[CH2][Sn+2][CH2]CCC.COc1ccc(C(=O)c2ccccc2)c(O)c1. The van der Waals surface area contributed by atoms with Crippen LogP contribution >= 0.6 is 0 Å². The maximum Gasteiger partial charge on any atom is 0.196 e. The minimum Gasteiger partial charge on any atom is -0.507 e. The molecule has 0 heterocycles. The van der Waals surface area contributed by atoms with E-state index in [9.17, 15) is 29.7 Å². The van der Waals surface area contributed by atoms with Gasteiger partial charge in [-0.25, -0.2) is 0 Å². The summed E-state index contributed by atoms with van der Waals surface area (Å²) in [5.41, 5.74) is 0.824. The number of carboxylic acids is 2. The molecule has 0 bridgehead atoms. The van der Waals surface area contributed by atoms with Crippen LogP contribution in [0.15, 0.2) is 48.5 Å². The normalized spacial score (nSPS) is 10.0. The van der Waals surface area contributed by atoms with E-state index < -0.39 is 11.9 Å². The summed E-state index contributed by atoms with van der Waals surface area (Å²) in [6, 6.07) is 13.5. The van der Waals surface area contributed by atoms with Gasteiger partial charge in [0.25, 0.3) is 0 Å². The van der Waals surface area contributed by atoms with E-state index >= 15 is 0 Å². The molecule has 2 rings (SSSR count). The van der Waals surface area contributed by atoms with Crippen molar-refractivity contribution in [3.63, 3.8) is 0 Å². The summed E-state index contributed by atoms with van der Waals surface area (Å²) < 4.78 is 8.21. The third kappa shape index (κ3) is 36.4. The van der Waals surface area contributed by atoms with E-state index in [1.165, 1.54) is 129 Å². The van der Waals surface area contributed by atoms with E-state index in [0.717, 1.165) is 25.7 Å². The van der Waals surface area contributed by atoms with Crippen molar-refractivity contribution in [2.45, 2.75) is 191 Å². The molecule has 0 radical (unpaired) electrons. The fraction of sp³-hybridized carbons (Fsp3) is 0.674. The van der Waals surface area contributed by atoms with E-state index in [-0.39, 0.29) is 51.1 Å². The number of rotatable bonds is 29. The maximum atomic E-state index is 12.1. The first kappa shape index (κ1) is 53.6. The van der Waals surface area contributed by atoms with Crippen LogP contribution in [0.5, 0.6) is 11.5 Å². The summed E-state index contributed by atoms with van der Waals surface area (Å²) in [5, 5.41) is 29.9. The number of ether oxygens (including phenoxy) is 1. The Bertz CT molecular complexity index is 1100. The largest absolute Gasteiger partial charge is 0.507 e. The summed E-state index contributed by atoms with van der Waals surface area (Å²) in [4.78, 5) is 32.3. The molecule has 0 aliphatic carbocycles. The average molecular weight is 860 g/mol. The molecular formula is C46H76O7Sn. The number of phenolic OH excluding ortho intramolecular Hbond substituents is 1. The summed E-state index contributed by atoms with van der Waals surface area (Å²) >= 11 is 0.149. The van der Waals surface area contributed by atoms with Crippen LogP contribution < -0.4 is 14.9 Å². The fourth-order valence-corrected chi connectivity index (χ4v) is 9.62. The first-order valence-electron chi connectivity index (χ1n) is 21.2. The van der Waals surface area contributed by atoms with E-state index in [1.807, 2.05) is 6.07 Å². The minimum absolute atomic E-state index is 0.0711. The van der Waals surface area contributed by atoms with E-state index in [0.29, 0.717) is 11.3 Å². The number of hydrogen-bond donors (Lipinski definition) is 1. The zero-order valence-electron chi connectivity index (χ0n) is 34.9. The summed E-state index contributed by atoms with van der Waals surface area (Å²) in [7, 11) is 1.51. The molecule has 2 aromatic rings. The number of benzene rings is 2. The Kier molecular flexibility index (Phi) is 41.3. The van der Waals surface area contributed by atoms with Crippen molar-refractivity contribution < 1.29 is 34.4 Å². The van der Waals surface area contributed by atoms with Crippen LogP contribution in [0.25, 0.3) is 0 Å². The zero-order valence-corrected chi connectivity index (χ0v) is 37.8. The van der Waals surface area contributed by atoms with Crippen LogP contribution in [0.4, 0.5) is 0 Å². The van der Waals surface area contributed by atoms with Crippen LogP contribution in [0.1, 0.15) is 198 Å². The van der Waals surface area contributed by atoms with Gasteiger partial charge in [-0.05, 0) is 37.8 Å². The van der Waals surface area contributed by atoms with Crippen molar-refractivity contribution in [3.8, 4) is 11.5 Å². The Hall–Kier alpha value is -2.55. The monoisotopic (exact) mass is 860 g/mol. The van der Waals surface area contributed by atoms with Crippen molar-refractivity contribution in [1.82, 2.24) is 0 Å². The number of unbranched alkanes of at least 4 members (excludes halogenated alkanes) is 18. The van der Waals surface area contributed by atoms with Crippen LogP contribution in [0.2, 0.25) is 8.87 Å². The Labute approximate surface area is 340 Å². The van der Waals surface area contributed by atoms with E-state index in [1.54, 1.807) is 45.3 Å². The van der Waals surface area contributed by atoms with Gasteiger partial charge in [0.1, 0.15) is 11.5 Å². The van der Waals surface area contributed by atoms with Crippen molar-refractivity contribution in [1.29, 1.82) is 0 Å². The van der Waals surface area contributed by atoms with Crippen molar-refractivity contribution in [2.75, 3.05) is 7.11 Å². The van der Waals surface area contributed by atoms with Crippen LogP contribution in [-0.4, -0.2) is 51.1 Å². The molecule has 8 heteroatoms. The Balaban J connectivity index is 0. The molecule has 306 valence electrons. The minimum atomic E-state index is -0.909. The molecule has 0 atom stereocenters. The number of hydrogen-bond acceptors (Lipinski definition) is 7. The number of carboxylic acid groups (broad SMARTS) is 2. The van der Waals surface area contributed by atoms with Gasteiger partial charge in [0.15, 0.2) is 5.78 Å². The number of aliphatic carboxylic acids is 2. The number of methoxy groups -OCH3 is 1. The summed E-state index contributed by atoms with van der Waals surface area (Å²) in [6.45, 7) is 9.03. The second-order valence-electron chi connectivity index (χ2n) is 13.9. The Morgan fingerprint density at radius 3 is 1.30 bits per heavy atom. The van der Waals surface area contributed by atoms with Gasteiger partial charge in [-0.3, -0.25) is 4.79 Å². The smallest absolute Gasteiger partial charge is 0.196 e. The first-order chi connectivity index (χ1) is 26.2. The standard InChI is InChI=1S/C14H12O3.2C12H24O2.2C4H9.Sn/c1-17-11-7-8-12(13(15)9-11)14(16)10-5-3-2-4-6-10;2*1-2-3-4-5-6-7-8-9-10-11-12(13)14;2*1-3-4-2;/h2-9,15H,1H3;2*2-11H2,1H3,(H,13,14);2*1,3-4H2,2H3;/q;;;;;+2/p-2. The second kappa shape index (κ2) is 41.6. The van der Waals surface area contributed by atoms with Gasteiger partial charge in [0.05, 0.1) is 12.7 Å². The molecule has 0 amide bonds. The summed E-state index contributed by atoms with van der Waals surface area (Å²) in [5.74, 6) is -1.57. The van der Waals surface area contributed by atoms with Crippen LogP contribution in [0, 0.1) is 0 Å². The average Bonchev–Trinajstić information content (AvgIpc) is 3.17. The van der Waals surface area contributed by atoms with Crippen LogP contribution in [0.3, 0.4) is 0 Å². The molecule has 0 aliphatic heterocycles. The van der Waals surface area contributed by atoms with Crippen molar-refractivity contribution >= 4 is 38.9 Å². The summed E-state index contributed by atoms with van der Waals surface area (Å²) in [6.07, 6.45) is 28.2. The van der Waals surface area contributed by atoms with Gasteiger partial charge in [-0.15, -0.1) is 0 Å². The topological polar surface area (TPSA) is 127 Å². The van der Waals surface area contributed by atoms with Crippen molar-refractivity contribution in [3.05, 3.63) is 59.7 Å². The second-order valence-corrected chi connectivity index (χ2v) is 18.2. The fourth-order valence-electron chi connectivity index (χ4n) is 5.46. The molecule has 0 aliphatic rings. The molecule has 1 N–H and O–H groups in total. The molecule has 0 unspecified atom stereocenters. The molecule has 0 saturated heterocycles. The molecule has 7 nitrogen and oxygen atoms in total. The van der Waals surface area contributed by atoms with Crippen LogP contribution in [-0.2, 0) is 9.59 Å². The molecule has 0 aromatic heterocycles. The predicted molar refractivity (Wildman–Crippen MR) is 223 cm³/mol. The molecular weight excluding hydrogens is 783 g/mol. The zero-order chi connectivity index (χ0) is 40.5. The maximum absolute atomic E-state index is 12.1. The quantitative estimate of drug-likeness (QED) is 0.0490. The number of phenols is 1. The van der Waals surface area contributed by atoms with Gasteiger partial charge in [0, 0.05) is 23.6 Å². The van der Waals surface area contributed by atoms with Crippen molar-refractivity contribution in [2.24, 2.45) is 0 Å². The first-order valence-corrected chi connectivity index (χ1v) is 25.3. The van der Waals surface area contributed by atoms with Gasteiger partial charge in [-0.1, -0.05) is 147 Å². The number of aromatic hydroxyl groups is 1. The van der Waals surface area contributed by atoms with Gasteiger partial charge in [0.2, 0.25) is 0 Å². The number of carbonyl (C=O) groups excluding carboxylic acids is 3. The van der Waals surface area contributed by atoms with Gasteiger partial charge >= 0.3 is 69.5 Å². The number of carbonyl (C=O) groups is 3. The van der Waals surface area contributed by atoms with E-state index in [2.05, 4.69) is 27.7 Å². The Morgan fingerprint density at radius 1 is 0.556 bits per heavy atom. The molecule has 2 aromatic carbocycles. The van der Waals surface area contributed by atoms with Gasteiger partial charge in [-0.2, -0.15) is 0 Å². The number of ketones is 1. The van der Waals surface area contributed by atoms with Gasteiger partial charge < -0.3 is 29.6 Å². The molecule has 0 spiro atoms. The molecule has 0 saturated carbocycles. The third-order valence-electron chi connectivity index (χ3n) is 8.87. The predicted octanol–water partition coefficient (Wildman–Crippen LogP) is 11.1. The molecule has 0 fully saturated rings.